The van der Waals surface area contributed by atoms with Gasteiger partial charge in [-0.25, -0.2) is 13.6 Å². The maximum atomic E-state index is 12.7. The molecule has 0 aromatic heterocycles. The van der Waals surface area contributed by atoms with Gasteiger partial charge in [-0.1, -0.05) is 48.5 Å². The van der Waals surface area contributed by atoms with Crippen LogP contribution in [0, 0.1) is 0 Å². The van der Waals surface area contributed by atoms with Gasteiger partial charge in [0.2, 0.25) is 5.91 Å². The predicted octanol–water partition coefficient (Wildman–Crippen LogP) is 2.64. The fourth-order valence-electron chi connectivity index (χ4n) is 3.03. The highest BCUT2D eigenvalue weighted by Gasteiger charge is 2.31. The number of carbonyl (C=O) groups is 2. The zero-order chi connectivity index (χ0) is 18.0. The molecule has 0 fully saturated rings. The number of halogens is 2. The smallest absolute Gasteiger partial charge is 0.408 e. The van der Waals surface area contributed by atoms with E-state index < -0.39 is 24.5 Å². The fraction of sp³-hybridized carbons (Fsp3) is 0.222. The van der Waals surface area contributed by atoms with Gasteiger partial charge >= 0.3 is 6.09 Å². The van der Waals surface area contributed by atoms with Crippen LogP contribution in [0.1, 0.15) is 17.0 Å². The normalized spacial score (nSPS) is 13.9. The fourth-order valence-corrected chi connectivity index (χ4v) is 3.03. The van der Waals surface area contributed by atoms with Gasteiger partial charge < -0.3 is 15.8 Å². The van der Waals surface area contributed by atoms with Crippen molar-refractivity contribution in [2.45, 2.75) is 18.4 Å². The topological polar surface area (TPSA) is 81.4 Å². The molecule has 2 amide bonds. The first kappa shape index (κ1) is 16.9. The molecular weight excluding hydrogens is 330 g/mol. The van der Waals surface area contributed by atoms with Crippen LogP contribution in [-0.4, -0.2) is 31.1 Å². The Labute approximate surface area is 142 Å². The molecule has 0 saturated carbocycles. The van der Waals surface area contributed by atoms with E-state index in [9.17, 15) is 18.4 Å². The monoisotopic (exact) mass is 346 g/mol. The second-order valence-electron chi connectivity index (χ2n) is 5.68. The first-order valence-corrected chi connectivity index (χ1v) is 7.68. The number of hydrogen-bond acceptors (Lipinski definition) is 3. The number of hydrogen-bond donors (Lipinski definition) is 2. The third-order valence-corrected chi connectivity index (χ3v) is 4.18. The summed E-state index contributed by atoms with van der Waals surface area (Å²) in [6, 6.07) is 13.4. The second-order valence-corrected chi connectivity index (χ2v) is 5.68. The molecule has 7 heteroatoms. The van der Waals surface area contributed by atoms with Crippen molar-refractivity contribution >= 4 is 12.0 Å². The average Bonchev–Trinajstić information content (AvgIpc) is 2.91. The molecule has 2 aromatic rings. The molecule has 0 saturated heterocycles. The minimum atomic E-state index is -3.10. The summed E-state index contributed by atoms with van der Waals surface area (Å²) in [4.78, 5) is 22.7. The Morgan fingerprint density at radius 3 is 2.04 bits per heavy atom. The molecule has 0 aliphatic heterocycles. The van der Waals surface area contributed by atoms with E-state index in [0.717, 1.165) is 22.3 Å². The molecule has 0 radical (unpaired) electrons. The molecule has 2 aromatic carbocycles. The van der Waals surface area contributed by atoms with Crippen LogP contribution < -0.4 is 11.1 Å². The highest BCUT2D eigenvalue weighted by Crippen LogP contribution is 2.44. The molecule has 0 spiro atoms. The molecule has 1 aliphatic carbocycles. The second kappa shape index (κ2) is 6.88. The Kier molecular flexibility index (Phi) is 4.65. The van der Waals surface area contributed by atoms with E-state index in [1.807, 2.05) is 48.5 Å². The number of nitrogens with one attached hydrogen (secondary N) is 1. The summed E-state index contributed by atoms with van der Waals surface area (Å²) < 4.78 is 30.4. The number of alkyl halides is 2. The summed E-state index contributed by atoms with van der Waals surface area (Å²) in [5, 5.41) is 1.80. The van der Waals surface area contributed by atoms with Crippen molar-refractivity contribution < 1.29 is 23.1 Å². The number of amides is 2. The summed E-state index contributed by atoms with van der Waals surface area (Å²) >= 11 is 0. The van der Waals surface area contributed by atoms with Crippen molar-refractivity contribution in [3.63, 3.8) is 0 Å². The van der Waals surface area contributed by atoms with Crippen LogP contribution in [0.25, 0.3) is 11.1 Å². The third kappa shape index (κ3) is 3.31. The molecule has 25 heavy (non-hydrogen) atoms. The largest absolute Gasteiger partial charge is 0.449 e. The first-order valence-electron chi connectivity index (χ1n) is 7.68. The van der Waals surface area contributed by atoms with Crippen molar-refractivity contribution in [3.8, 4) is 11.1 Å². The van der Waals surface area contributed by atoms with Gasteiger partial charge in [0.25, 0.3) is 6.43 Å². The number of alkyl carbamates (subject to hydrolysis) is 1. The molecule has 0 bridgehead atoms. The van der Waals surface area contributed by atoms with Gasteiger partial charge in [-0.15, -0.1) is 0 Å². The van der Waals surface area contributed by atoms with Gasteiger partial charge in [-0.3, -0.25) is 4.79 Å². The Morgan fingerprint density at radius 2 is 1.56 bits per heavy atom. The zero-order valence-corrected chi connectivity index (χ0v) is 13.1. The minimum absolute atomic E-state index is 0.0332. The Morgan fingerprint density at radius 1 is 1.04 bits per heavy atom. The Balaban J connectivity index is 1.73. The molecule has 0 unspecified atom stereocenters. The lowest BCUT2D eigenvalue weighted by Gasteiger charge is -2.17. The van der Waals surface area contributed by atoms with Gasteiger partial charge in [-0.2, -0.15) is 0 Å². The quantitative estimate of drug-likeness (QED) is 0.873. The van der Waals surface area contributed by atoms with E-state index in [1.54, 1.807) is 5.32 Å². The molecule has 130 valence electrons. The van der Waals surface area contributed by atoms with Gasteiger partial charge in [0.15, 0.2) is 6.04 Å². The number of rotatable bonds is 5. The van der Waals surface area contributed by atoms with E-state index in [2.05, 4.69) is 0 Å². The average molecular weight is 346 g/mol. The number of fused-ring (bicyclic) bond motifs is 3. The van der Waals surface area contributed by atoms with E-state index in [4.69, 9.17) is 10.5 Å². The number of benzene rings is 2. The number of nitrogens with two attached hydrogens (primary N) is 1. The van der Waals surface area contributed by atoms with Crippen molar-refractivity contribution in [2.75, 3.05) is 6.61 Å². The van der Waals surface area contributed by atoms with Gasteiger partial charge in [0.1, 0.15) is 6.61 Å². The lowest BCUT2D eigenvalue weighted by Crippen LogP contribution is -2.49. The highest BCUT2D eigenvalue weighted by molar-refractivity contribution is 5.84. The molecule has 1 atom stereocenters. The lowest BCUT2D eigenvalue weighted by atomic mass is 9.98. The van der Waals surface area contributed by atoms with E-state index in [-0.39, 0.29) is 12.5 Å². The standard InChI is InChI=1S/C18H16F2N2O3/c19-16(20)15(17(21)23)22-18(24)25-9-14-12-7-3-1-5-10(12)11-6-2-4-8-13(11)14/h1-8,14-16H,9H2,(H2,21,23)(H,22,24)/t15-/m1/s1. The third-order valence-electron chi connectivity index (χ3n) is 4.18. The number of ether oxygens (including phenoxy) is 1. The van der Waals surface area contributed by atoms with Gasteiger partial charge in [0.05, 0.1) is 0 Å². The molecule has 5 nitrogen and oxygen atoms in total. The van der Waals surface area contributed by atoms with Crippen LogP contribution in [0.15, 0.2) is 48.5 Å². The predicted molar refractivity (Wildman–Crippen MR) is 87.2 cm³/mol. The van der Waals surface area contributed by atoms with Crippen molar-refractivity contribution in [2.24, 2.45) is 5.73 Å². The summed E-state index contributed by atoms with van der Waals surface area (Å²) in [6.07, 6.45) is -4.20. The van der Waals surface area contributed by atoms with Crippen LogP contribution in [0.4, 0.5) is 13.6 Å². The van der Waals surface area contributed by atoms with Crippen molar-refractivity contribution in [1.82, 2.24) is 5.32 Å². The zero-order valence-electron chi connectivity index (χ0n) is 13.1. The molecule has 0 heterocycles. The SMILES string of the molecule is NC(=O)[C@H](NC(=O)OCC1c2ccccc2-c2ccccc21)C(F)F. The summed E-state index contributed by atoms with van der Waals surface area (Å²) in [5.41, 5.74) is 8.94. The maximum absolute atomic E-state index is 12.7. The highest BCUT2D eigenvalue weighted by atomic mass is 19.3. The summed E-state index contributed by atoms with van der Waals surface area (Å²) in [5.74, 6) is -1.51. The van der Waals surface area contributed by atoms with Crippen molar-refractivity contribution in [1.29, 1.82) is 0 Å². The molecule has 3 N–H and O–H groups in total. The minimum Gasteiger partial charge on any atom is -0.449 e. The van der Waals surface area contributed by atoms with Crippen LogP contribution in [-0.2, 0) is 9.53 Å². The van der Waals surface area contributed by atoms with Crippen LogP contribution in [0.2, 0.25) is 0 Å². The van der Waals surface area contributed by atoms with E-state index >= 15 is 0 Å². The van der Waals surface area contributed by atoms with Crippen molar-refractivity contribution in [3.05, 3.63) is 59.7 Å². The Hall–Kier alpha value is -2.96. The van der Waals surface area contributed by atoms with Crippen LogP contribution in [0.3, 0.4) is 0 Å². The molecule has 1 aliphatic rings. The summed E-state index contributed by atoms with van der Waals surface area (Å²) in [6.45, 7) is -0.0332. The van der Waals surface area contributed by atoms with Gasteiger partial charge in [0, 0.05) is 5.92 Å². The number of carbonyl (C=O) groups excluding carboxylic acids is 2. The lowest BCUT2D eigenvalue weighted by molar-refractivity contribution is -0.123. The van der Waals surface area contributed by atoms with Crippen LogP contribution >= 0.6 is 0 Å². The first-order chi connectivity index (χ1) is 12.0. The summed E-state index contributed by atoms with van der Waals surface area (Å²) in [7, 11) is 0. The van der Waals surface area contributed by atoms with E-state index in [0.29, 0.717) is 0 Å². The van der Waals surface area contributed by atoms with Gasteiger partial charge in [-0.05, 0) is 22.3 Å². The Bertz CT molecular complexity index is 765. The molecule has 3 rings (SSSR count). The molecular formula is C18H16F2N2O3. The van der Waals surface area contributed by atoms with Crippen LogP contribution in [0.5, 0.6) is 0 Å². The number of primary amides is 1. The maximum Gasteiger partial charge on any atom is 0.408 e. The van der Waals surface area contributed by atoms with E-state index in [1.165, 1.54) is 0 Å².